The van der Waals surface area contributed by atoms with E-state index in [4.69, 9.17) is 0 Å². The van der Waals surface area contributed by atoms with Gasteiger partial charge in [0.2, 0.25) is 0 Å². The summed E-state index contributed by atoms with van der Waals surface area (Å²) in [5, 5.41) is 2.78. The molecule has 0 saturated carbocycles. The van der Waals surface area contributed by atoms with Crippen molar-refractivity contribution in [2.75, 3.05) is 6.54 Å². The van der Waals surface area contributed by atoms with Gasteiger partial charge in [0.1, 0.15) is 5.82 Å². The number of hydrogen-bond acceptors (Lipinski definition) is 1. The van der Waals surface area contributed by atoms with Crippen LogP contribution in [0.15, 0.2) is 22.7 Å². The predicted molar refractivity (Wildman–Crippen MR) is 89.0 cm³/mol. The van der Waals surface area contributed by atoms with E-state index in [0.717, 1.165) is 12.8 Å². The Morgan fingerprint density at radius 2 is 1.71 bits per heavy atom. The number of hydrogen-bond donors (Lipinski definition) is 1. The van der Waals surface area contributed by atoms with Crippen LogP contribution in [0.5, 0.6) is 0 Å². The van der Waals surface area contributed by atoms with Gasteiger partial charge in [0.15, 0.2) is 0 Å². The molecule has 0 aromatic heterocycles. The summed E-state index contributed by atoms with van der Waals surface area (Å²) in [6, 6.07) is 4.55. The first kappa shape index (κ1) is 18.1. The molecule has 0 spiro atoms. The highest BCUT2D eigenvalue weighted by atomic mass is 79.9. The summed E-state index contributed by atoms with van der Waals surface area (Å²) in [6.07, 6.45) is 9.79. The first-order chi connectivity index (χ1) is 10.2. The molecule has 0 saturated heterocycles. The molecule has 1 rings (SSSR count). The Bertz CT molecular complexity index is 417. The van der Waals surface area contributed by atoms with Crippen LogP contribution < -0.4 is 5.32 Å². The molecule has 0 radical (unpaired) electrons. The van der Waals surface area contributed by atoms with E-state index in [0.29, 0.717) is 11.0 Å². The molecule has 0 unspecified atom stereocenters. The Kier molecular flexibility index (Phi) is 9.31. The zero-order chi connectivity index (χ0) is 15.5. The summed E-state index contributed by atoms with van der Waals surface area (Å²) >= 11 is 3.21. The number of carbonyl (C=O) groups is 1. The smallest absolute Gasteiger partial charge is 0.255 e. The zero-order valence-corrected chi connectivity index (χ0v) is 14.3. The molecule has 1 N–H and O–H groups in total. The first-order valence-corrected chi connectivity index (χ1v) is 8.68. The van der Waals surface area contributed by atoms with Crippen molar-refractivity contribution in [2.45, 2.75) is 58.3 Å². The van der Waals surface area contributed by atoms with Crippen molar-refractivity contribution in [3.8, 4) is 0 Å². The Labute approximate surface area is 135 Å². The Morgan fingerprint density at radius 3 is 2.33 bits per heavy atom. The number of halogens is 2. The van der Waals surface area contributed by atoms with E-state index in [1.807, 2.05) is 0 Å². The van der Waals surface area contributed by atoms with Crippen molar-refractivity contribution in [2.24, 2.45) is 0 Å². The molecule has 118 valence electrons. The maximum absolute atomic E-state index is 13.6. The molecule has 1 aromatic rings. The summed E-state index contributed by atoms with van der Waals surface area (Å²) in [7, 11) is 0. The van der Waals surface area contributed by atoms with Crippen molar-refractivity contribution in [1.29, 1.82) is 0 Å². The fourth-order valence-electron chi connectivity index (χ4n) is 2.26. The third-order valence-electron chi connectivity index (χ3n) is 3.51. The lowest BCUT2D eigenvalue weighted by molar-refractivity contribution is 0.0948. The van der Waals surface area contributed by atoms with E-state index in [-0.39, 0.29) is 11.5 Å². The molecule has 21 heavy (non-hydrogen) atoms. The summed E-state index contributed by atoms with van der Waals surface area (Å²) in [4.78, 5) is 11.9. The van der Waals surface area contributed by atoms with Crippen molar-refractivity contribution in [1.82, 2.24) is 5.32 Å². The topological polar surface area (TPSA) is 29.1 Å². The maximum atomic E-state index is 13.6. The van der Waals surface area contributed by atoms with Crippen LogP contribution in [0.2, 0.25) is 0 Å². The predicted octanol–water partition coefficient (Wildman–Crippen LogP) is 5.46. The van der Waals surface area contributed by atoms with Crippen LogP contribution in [0.3, 0.4) is 0 Å². The lowest BCUT2D eigenvalue weighted by atomic mass is 10.1. The van der Waals surface area contributed by atoms with Gasteiger partial charge in [-0.25, -0.2) is 4.39 Å². The molecule has 0 aliphatic rings. The minimum atomic E-state index is -0.488. The molecule has 0 atom stereocenters. The van der Waals surface area contributed by atoms with Gasteiger partial charge < -0.3 is 5.32 Å². The van der Waals surface area contributed by atoms with Crippen LogP contribution in [0.4, 0.5) is 4.39 Å². The van der Waals surface area contributed by atoms with Gasteiger partial charge in [0, 0.05) is 11.0 Å². The number of carbonyl (C=O) groups excluding carboxylic acids is 1. The van der Waals surface area contributed by atoms with E-state index >= 15 is 0 Å². The molecule has 0 bridgehead atoms. The van der Waals surface area contributed by atoms with Gasteiger partial charge >= 0.3 is 0 Å². The fourth-order valence-corrected chi connectivity index (χ4v) is 2.79. The van der Waals surface area contributed by atoms with Gasteiger partial charge in [-0.05, 0) is 34.5 Å². The summed E-state index contributed by atoms with van der Waals surface area (Å²) in [6.45, 7) is 2.82. The minimum absolute atomic E-state index is 0.0945. The molecule has 0 aliphatic heterocycles. The van der Waals surface area contributed by atoms with Gasteiger partial charge in [0.25, 0.3) is 5.91 Å². The van der Waals surface area contributed by atoms with Gasteiger partial charge in [0.05, 0.1) is 5.56 Å². The number of amides is 1. The molecular formula is C17H25BrFNO. The fraction of sp³-hybridized carbons (Fsp3) is 0.588. The minimum Gasteiger partial charge on any atom is -0.352 e. The van der Waals surface area contributed by atoms with Crippen LogP contribution in [-0.4, -0.2) is 12.5 Å². The quantitative estimate of drug-likeness (QED) is 0.553. The van der Waals surface area contributed by atoms with Gasteiger partial charge in [-0.2, -0.15) is 0 Å². The van der Waals surface area contributed by atoms with Crippen LogP contribution in [0.25, 0.3) is 0 Å². The zero-order valence-electron chi connectivity index (χ0n) is 12.8. The van der Waals surface area contributed by atoms with Gasteiger partial charge in [-0.3, -0.25) is 4.79 Å². The molecule has 0 fully saturated rings. The largest absolute Gasteiger partial charge is 0.352 e. The van der Waals surface area contributed by atoms with Gasteiger partial charge in [-0.1, -0.05) is 57.9 Å². The van der Waals surface area contributed by atoms with Crippen molar-refractivity contribution in [3.63, 3.8) is 0 Å². The van der Waals surface area contributed by atoms with Crippen molar-refractivity contribution in [3.05, 3.63) is 34.1 Å². The number of benzene rings is 1. The Hall–Kier alpha value is -0.900. The van der Waals surface area contributed by atoms with Crippen LogP contribution in [0.1, 0.15) is 68.6 Å². The highest BCUT2D eigenvalue weighted by Gasteiger charge is 2.14. The highest BCUT2D eigenvalue weighted by Crippen LogP contribution is 2.19. The maximum Gasteiger partial charge on any atom is 0.255 e. The third kappa shape index (κ3) is 7.07. The second kappa shape index (κ2) is 10.8. The number of nitrogens with one attached hydrogen (secondary N) is 1. The molecule has 1 amide bonds. The van der Waals surface area contributed by atoms with E-state index in [9.17, 15) is 9.18 Å². The molecule has 0 heterocycles. The van der Waals surface area contributed by atoms with Crippen molar-refractivity contribution < 1.29 is 9.18 Å². The normalized spacial score (nSPS) is 10.6. The average Bonchev–Trinajstić information content (AvgIpc) is 2.45. The van der Waals surface area contributed by atoms with E-state index in [1.54, 1.807) is 12.1 Å². The van der Waals surface area contributed by atoms with Gasteiger partial charge in [-0.15, -0.1) is 0 Å². The lowest BCUT2D eigenvalue weighted by Crippen LogP contribution is -2.25. The van der Waals surface area contributed by atoms with E-state index in [1.165, 1.54) is 44.6 Å². The lowest BCUT2D eigenvalue weighted by Gasteiger charge is -2.07. The summed E-state index contributed by atoms with van der Waals surface area (Å²) < 4.78 is 14.1. The monoisotopic (exact) mass is 357 g/mol. The Balaban J connectivity index is 2.14. The standard InChI is InChI=1S/C17H25BrFNO/c1-2-3-4-5-6-7-8-9-13-20-17(21)16-14(18)11-10-12-15(16)19/h10-12H,2-9,13H2,1H3,(H,20,21). The van der Waals surface area contributed by atoms with Crippen molar-refractivity contribution >= 4 is 21.8 Å². The SMILES string of the molecule is CCCCCCCCCCNC(=O)c1c(F)cccc1Br. The third-order valence-corrected chi connectivity index (χ3v) is 4.17. The molecule has 0 aliphatic carbocycles. The second-order valence-electron chi connectivity index (χ2n) is 5.33. The average molecular weight is 358 g/mol. The molecule has 1 aromatic carbocycles. The molecule has 2 nitrogen and oxygen atoms in total. The number of rotatable bonds is 10. The van der Waals surface area contributed by atoms with Crippen LogP contribution in [-0.2, 0) is 0 Å². The van der Waals surface area contributed by atoms with Crippen LogP contribution in [0, 0.1) is 5.82 Å². The van der Waals surface area contributed by atoms with Crippen LogP contribution >= 0.6 is 15.9 Å². The Morgan fingerprint density at radius 1 is 1.10 bits per heavy atom. The van der Waals surface area contributed by atoms with E-state index < -0.39 is 5.82 Å². The van der Waals surface area contributed by atoms with E-state index in [2.05, 4.69) is 28.2 Å². The molecule has 4 heteroatoms. The second-order valence-corrected chi connectivity index (χ2v) is 6.18. The first-order valence-electron chi connectivity index (χ1n) is 7.89. The molecular weight excluding hydrogens is 333 g/mol. The summed E-state index contributed by atoms with van der Waals surface area (Å²) in [5.74, 6) is -0.833. The number of unbranched alkanes of at least 4 members (excludes halogenated alkanes) is 7. The highest BCUT2D eigenvalue weighted by molar-refractivity contribution is 9.10. The summed E-state index contributed by atoms with van der Waals surface area (Å²) in [5.41, 5.74) is 0.0945.